The van der Waals surface area contributed by atoms with Gasteiger partial charge in [-0.2, -0.15) is 0 Å². The fourth-order valence-corrected chi connectivity index (χ4v) is 2.54. The Bertz CT molecular complexity index is 906. The topological polar surface area (TPSA) is 48.2 Å². The molecule has 4 heteroatoms. The Morgan fingerprint density at radius 2 is 2.09 bits per heavy atom. The number of benzene rings is 1. The van der Waals surface area contributed by atoms with E-state index in [-0.39, 0.29) is 0 Å². The van der Waals surface area contributed by atoms with E-state index in [1.54, 1.807) is 13.3 Å². The van der Waals surface area contributed by atoms with Gasteiger partial charge >= 0.3 is 0 Å². The highest BCUT2D eigenvalue weighted by Gasteiger charge is 2.12. The molecule has 0 saturated heterocycles. The van der Waals surface area contributed by atoms with Crippen LogP contribution < -0.4 is 4.74 Å². The molecule has 0 radical (unpaired) electrons. The van der Waals surface area contributed by atoms with E-state index in [1.807, 2.05) is 42.6 Å². The van der Waals surface area contributed by atoms with E-state index >= 15 is 0 Å². The predicted molar refractivity (Wildman–Crippen MR) is 85.5 cm³/mol. The Labute approximate surface area is 127 Å². The number of fused-ring (bicyclic) bond motifs is 1. The van der Waals surface area contributed by atoms with E-state index < -0.39 is 0 Å². The Hall–Kier alpha value is -2.88. The fraction of sp³-hybridized carbons (Fsp3) is 0.111. The first-order valence-corrected chi connectivity index (χ1v) is 7.09. The Morgan fingerprint density at radius 1 is 1.14 bits per heavy atom. The van der Waals surface area contributed by atoms with Crippen LogP contribution in [0.2, 0.25) is 0 Å². The zero-order chi connectivity index (χ0) is 14.9. The maximum atomic E-state index is 5.90. The summed E-state index contributed by atoms with van der Waals surface area (Å²) in [7, 11) is 1.63. The molecule has 4 nitrogen and oxygen atoms in total. The van der Waals surface area contributed by atoms with Crippen LogP contribution in [0.15, 0.2) is 59.3 Å². The van der Waals surface area contributed by atoms with Gasteiger partial charge in [0.15, 0.2) is 5.58 Å². The van der Waals surface area contributed by atoms with Gasteiger partial charge in [-0.1, -0.05) is 24.3 Å². The van der Waals surface area contributed by atoms with Crippen LogP contribution in [-0.4, -0.2) is 17.1 Å². The maximum Gasteiger partial charge on any atom is 0.223 e. The van der Waals surface area contributed by atoms with Crippen molar-refractivity contribution in [1.82, 2.24) is 9.97 Å². The Morgan fingerprint density at radius 3 is 2.91 bits per heavy atom. The molecule has 22 heavy (non-hydrogen) atoms. The third-order valence-corrected chi connectivity index (χ3v) is 3.72. The minimum atomic E-state index is 0.695. The van der Waals surface area contributed by atoms with Crippen LogP contribution in [0.1, 0.15) is 12.3 Å². The molecule has 0 amide bonds. The largest absolute Gasteiger partial charge is 0.495 e. The molecule has 108 valence electrons. The van der Waals surface area contributed by atoms with Gasteiger partial charge in [0.2, 0.25) is 5.89 Å². The lowest BCUT2D eigenvalue weighted by Gasteiger charge is -2.03. The van der Waals surface area contributed by atoms with Crippen LogP contribution in [0.25, 0.3) is 27.8 Å². The summed E-state index contributed by atoms with van der Waals surface area (Å²) in [4.78, 5) is 8.74. The summed E-state index contributed by atoms with van der Waals surface area (Å²) in [5.41, 5.74) is 4.77. The van der Waals surface area contributed by atoms with Crippen LogP contribution in [0, 0.1) is 0 Å². The second-order valence-corrected chi connectivity index (χ2v) is 5.14. The molecule has 0 bridgehead atoms. The summed E-state index contributed by atoms with van der Waals surface area (Å²) in [5.74, 6) is 1.43. The van der Waals surface area contributed by atoms with Crippen molar-refractivity contribution in [2.75, 3.05) is 7.11 Å². The molecule has 0 N–H and O–H groups in total. The van der Waals surface area contributed by atoms with Gasteiger partial charge in [0, 0.05) is 17.3 Å². The van der Waals surface area contributed by atoms with Crippen molar-refractivity contribution in [3.63, 3.8) is 0 Å². The monoisotopic (exact) mass is 290 g/mol. The maximum absolute atomic E-state index is 5.90. The van der Waals surface area contributed by atoms with Gasteiger partial charge in [-0.15, -0.1) is 0 Å². The molecule has 0 atom stereocenters. The Balaban J connectivity index is 1.76. The van der Waals surface area contributed by atoms with E-state index in [4.69, 9.17) is 9.15 Å². The first-order chi connectivity index (χ1) is 10.8. The lowest BCUT2D eigenvalue weighted by atomic mass is 10.1. The molecule has 0 unspecified atom stereocenters. The number of hydrogen-bond donors (Lipinski definition) is 0. The van der Waals surface area contributed by atoms with Crippen LogP contribution in [0.4, 0.5) is 0 Å². The van der Waals surface area contributed by atoms with Gasteiger partial charge in [0.25, 0.3) is 0 Å². The van der Waals surface area contributed by atoms with Crippen LogP contribution >= 0.6 is 0 Å². The molecule has 4 rings (SSSR count). The van der Waals surface area contributed by atoms with Crippen LogP contribution in [-0.2, 0) is 0 Å². The molecule has 1 aliphatic rings. The van der Waals surface area contributed by atoms with E-state index in [0.29, 0.717) is 5.89 Å². The van der Waals surface area contributed by atoms with E-state index in [2.05, 4.69) is 16.0 Å². The molecule has 1 aliphatic carbocycles. The van der Waals surface area contributed by atoms with Gasteiger partial charge in [-0.3, -0.25) is 4.98 Å². The number of hydrogen-bond acceptors (Lipinski definition) is 4. The third-order valence-electron chi connectivity index (χ3n) is 3.72. The molecule has 0 saturated carbocycles. The van der Waals surface area contributed by atoms with Crippen molar-refractivity contribution in [1.29, 1.82) is 0 Å². The number of rotatable bonds is 3. The van der Waals surface area contributed by atoms with Gasteiger partial charge in [0.1, 0.15) is 11.3 Å². The zero-order valence-electron chi connectivity index (χ0n) is 12.1. The third kappa shape index (κ3) is 2.19. The average molecular weight is 290 g/mol. The highest BCUT2D eigenvalue weighted by molar-refractivity contribution is 5.82. The normalized spacial score (nSPS) is 13.6. The summed E-state index contributed by atoms with van der Waals surface area (Å²) in [6.45, 7) is 0. The number of methoxy groups -OCH3 is 1. The SMILES string of the molecule is COc1cncc(-c2ccc3nc(C4=CC=CC4)oc3c2)c1. The van der Waals surface area contributed by atoms with Crippen molar-refractivity contribution >= 4 is 16.7 Å². The van der Waals surface area contributed by atoms with Gasteiger partial charge in [-0.25, -0.2) is 4.98 Å². The standard InChI is InChI=1S/C18H14N2O2/c1-21-15-8-14(10-19-11-15)13-6-7-16-17(9-13)22-18(20-16)12-4-2-3-5-12/h2-4,6-11H,5H2,1H3. The second-order valence-electron chi connectivity index (χ2n) is 5.14. The summed E-state index contributed by atoms with van der Waals surface area (Å²) < 4.78 is 11.1. The summed E-state index contributed by atoms with van der Waals surface area (Å²) in [5, 5.41) is 0. The zero-order valence-corrected chi connectivity index (χ0v) is 12.1. The first-order valence-electron chi connectivity index (χ1n) is 7.09. The molecular formula is C18H14N2O2. The van der Waals surface area contributed by atoms with Crippen molar-refractivity contribution in [2.24, 2.45) is 0 Å². The molecule has 2 aromatic heterocycles. The summed E-state index contributed by atoms with van der Waals surface area (Å²) >= 11 is 0. The summed E-state index contributed by atoms with van der Waals surface area (Å²) in [6.07, 6.45) is 10.5. The molecule has 1 aromatic carbocycles. The highest BCUT2D eigenvalue weighted by atomic mass is 16.5. The lowest BCUT2D eigenvalue weighted by molar-refractivity contribution is 0.413. The van der Waals surface area contributed by atoms with Gasteiger partial charge < -0.3 is 9.15 Å². The number of ether oxygens (including phenoxy) is 1. The summed E-state index contributed by atoms with van der Waals surface area (Å²) in [6, 6.07) is 7.94. The van der Waals surface area contributed by atoms with Crippen molar-refractivity contribution < 1.29 is 9.15 Å². The van der Waals surface area contributed by atoms with Crippen molar-refractivity contribution in [3.8, 4) is 16.9 Å². The van der Waals surface area contributed by atoms with Crippen molar-refractivity contribution in [2.45, 2.75) is 6.42 Å². The van der Waals surface area contributed by atoms with E-state index in [0.717, 1.165) is 40.0 Å². The fourth-order valence-electron chi connectivity index (χ4n) is 2.54. The minimum absolute atomic E-state index is 0.695. The number of allylic oxidation sites excluding steroid dienone is 4. The predicted octanol–water partition coefficient (Wildman–Crippen LogP) is 4.24. The molecular weight excluding hydrogens is 276 g/mol. The van der Waals surface area contributed by atoms with E-state index in [1.165, 1.54) is 0 Å². The highest BCUT2D eigenvalue weighted by Crippen LogP contribution is 2.30. The Kier molecular flexibility index (Phi) is 3.00. The average Bonchev–Trinajstić information content (AvgIpc) is 3.23. The van der Waals surface area contributed by atoms with Gasteiger partial charge in [0.05, 0.1) is 13.3 Å². The minimum Gasteiger partial charge on any atom is -0.495 e. The molecule has 0 fully saturated rings. The van der Waals surface area contributed by atoms with Gasteiger partial charge in [-0.05, 0) is 30.2 Å². The second kappa shape index (κ2) is 5.15. The molecule has 2 heterocycles. The van der Waals surface area contributed by atoms with Crippen LogP contribution in [0.3, 0.4) is 0 Å². The van der Waals surface area contributed by atoms with E-state index in [9.17, 15) is 0 Å². The number of oxazole rings is 1. The smallest absolute Gasteiger partial charge is 0.223 e. The van der Waals surface area contributed by atoms with Crippen LogP contribution in [0.5, 0.6) is 5.75 Å². The number of aromatic nitrogens is 2. The quantitative estimate of drug-likeness (QED) is 0.723. The molecule has 0 aliphatic heterocycles. The van der Waals surface area contributed by atoms with Crippen molar-refractivity contribution in [3.05, 3.63) is 60.8 Å². The molecule has 3 aromatic rings. The number of nitrogens with zero attached hydrogens (tertiary/aromatic N) is 2. The lowest BCUT2D eigenvalue weighted by Crippen LogP contribution is -1.86. The first kappa shape index (κ1) is 12.8. The molecule has 0 spiro atoms. The number of pyridine rings is 1.